The van der Waals surface area contributed by atoms with E-state index in [0.29, 0.717) is 24.2 Å². The Bertz CT molecular complexity index is 868. The third-order valence-electron chi connectivity index (χ3n) is 5.87. The first kappa shape index (κ1) is 20.9. The summed E-state index contributed by atoms with van der Waals surface area (Å²) in [6.07, 6.45) is 0.885. The molecule has 1 saturated heterocycles. The van der Waals surface area contributed by atoms with Crippen LogP contribution in [0.1, 0.15) is 52.1 Å². The van der Waals surface area contributed by atoms with E-state index in [2.05, 4.69) is 42.3 Å². The molecule has 2 aromatic rings. The zero-order valence-electron chi connectivity index (χ0n) is 17.9. The minimum atomic E-state index is -0.0968. The van der Waals surface area contributed by atoms with Crippen LogP contribution in [0.3, 0.4) is 0 Å². The average Bonchev–Trinajstić information content (AvgIpc) is 2.75. The van der Waals surface area contributed by atoms with Crippen LogP contribution in [0.25, 0.3) is 0 Å². The zero-order valence-corrected chi connectivity index (χ0v) is 17.9. The van der Waals surface area contributed by atoms with Crippen molar-refractivity contribution >= 4 is 17.5 Å². The number of anilines is 1. The Labute approximate surface area is 173 Å². The molecule has 0 bridgehead atoms. The van der Waals surface area contributed by atoms with Gasteiger partial charge in [-0.05, 0) is 68.7 Å². The number of piperazine rings is 1. The minimum absolute atomic E-state index is 0.0273. The van der Waals surface area contributed by atoms with Crippen LogP contribution in [-0.4, -0.2) is 48.9 Å². The summed E-state index contributed by atoms with van der Waals surface area (Å²) in [5, 5.41) is 2.95. The molecule has 2 amide bonds. The van der Waals surface area contributed by atoms with Crippen molar-refractivity contribution in [3.63, 3.8) is 0 Å². The van der Waals surface area contributed by atoms with Crippen LogP contribution < -0.4 is 10.2 Å². The number of hydrogen-bond acceptors (Lipinski definition) is 3. The van der Waals surface area contributed by atoms with Gasteiger partial charge in [-0.25, -0.2) is 0 Å². The normalized spacial score (nSPS) is 15.2. The number of amides is 2. The quantitative estimate of drug-likeness (QED) is 0.841. The number of aryl methyl sites for hydroxylation is 1. The number of nitrogens with zero attached hydrogens (tertiary/aromatic N) is 2. The summed E-state index contributed by atoms with van der Waals surface area (Å²) in [6.45, 7) is 11.3. The molecule has 29 heavy (non-hydrogen) atoms. The molecule has 1 aliphatic heterocycles. The van der Waals surface area contributed by atoms with Crippen molar-refractivity contribution in [2.45, 2.75) is 40.2 Å². The van der Waals surface area contributed by atoms with E-state index >= 15 is 0 Å². The summed E-state index contributed by atoms with van der Waals surface area (Å²) in [5.74, 6) is -0.0695. The molecule has 0 aliphatic carbocycles. The van der Waals surface area contributed by atoms with Crippen molar-refractivity contribution < 1.29 is 9.59 Å². The molecular formula is C24H31N3O2. The van der Waals surface area contributed by atoms with E-state index in [4.69, 9.17) is 0 Å². The van der Waals surface area contributed by atoms with Gasteiger partial charge in [0.05, 0.1) is 0 Å². The number of rotatable bonds is 5. The van der Waals surface area contributed by atoms with Gasteiger partial charge in [0.15, 0.2) is 0 Å². The average molecular weight is 394 g/mol. The van der Waals surface area contributed by atoms with Gasteiger partial charge in [-0.15, -0.1) is 0 Å². The van der Waals surface area contributed by atoms with Crippen LogP contribution in [0.4, 0.5) is 5.69 Å². The summed E-state index contributed by atoms with van der Waals surface area (Å²) < 4.78 is 0. The Morgan fingerprint density at radius 1 is 0.966 bits per heavy atom. The lowest BCUT2D eigenvalue weighted by Crippen LogP contribution is -2.49. The summed E-state index contributed by atoms with van der Waals surface area (Å²) in [5.41, 5.74) is 5.07. The first-order valence-electron chi connectivity index (χ1n) is 10.4. The van der Waals surface area contributed by atoms with Gasteiger partial charge in [0.1, 0.15) is 0 Å². The standard InChI is InChI=1S/C24H31N3O2/c1-5-18(3)25-23(28)20-9-11-21(12-10-20)24(29)27-15-13-26(14-16-27)22-8-6-7-17(2)19(22)4/h6-12,18H,5,13-16H2,1-4H3,(H,25,28). The van der Waals surface area contributed by atoms with E-state index in [0.717, 1.165) is 19.5 Å². The molecule has 1 heterocycles. The summed E-state index contributed by atoms with van der Waals surface area (Å²) >= 11 is 0. The first-order valence-corrected chi connectivity index (χ1v) is 10.4. The molecule has 3 rings (SSSR count). The zero-order chi connectivity index (χ0) is 21.0. The van der Waals surface area contributed by atoms with Gasteiger partial charge in [0.25, 0.3) is 11.8 Å². The van der Waals surface area contributed by atoms with Gasteiger partial charge >= 0.3 is 0 Å². The Morgan fingerprint density at radius 2 is 1.59 bits per heavy atom. The predicted octanol–water partition coefficient (Wildman–Crippen LogP) is 3.79. The maximum Gasteiger partial charge on any atom is 0.253 e. The molecule has 5 heteroatoms. The van der Waals surface area contributed by atoms with Gasteiger partial charge in [-0.3, -0.25) is 9.59 Å². The maximum atomic E-state index is 12.9. The maximum absolute atomic E-state index is 12.9. The molecule has 5 nitrogen and oxygen atoms in total. The van der Waals surface area contributed by atoms with Crippen LogP contribution in [-0.2, 0) is 0 Å². The third-order valence-corrected chi connectivity index (χ3v) is 5.87. The molecule has 1 N–H and O–H groups in total. The van der Waals surface area contributed by atoms with Gasteiger partial charge in [0, 0.05) is 49.0 Å². The molecule has 1 atom stereocenters. The highest BCUT2D eigenvalue weighted by Crippen LogP contribution is 2.24. The van der Waals surface area contributed by atoms with Gasteiger partial charge < -0.3 is 15.1 Å². The number of nitrogens with one attached hydrogen (secondary N) is 1. The third kappa shape index (κ3) is 4.78. The Balaban J connectivity index is 1.60. The lowest BCUT2D eigenvalue weighted by Gasteiger charge is -2.37. The van der Waals surface area contributed by atoms with E-state index in [1.165, 1.54) is 16.8 Å². The van der Waals surface area contributed by atoms with Crippen LogP contribution >= 0.6 is 0 Å². The second-order valence-corrected chi connectivity index (χ2v) is 7.86. The van der Waals surface area contributed by atoms with Crippen molar-refractivity contribution in [2.24, 2.45) is 0 Å². The monoisotopic (exact) mass is 393 g/mol. The fourth-order valence-corrected chi connectivity index (χ4v) is 3.58. The van der Waals surface area contributed by atoms with E-state index in [1.54, 1.807) is 24.3 Å². The fraction of sp³-hybridized carbons (Fsp3) is 0.417. The van der Waals surface area contributed by atoms with Crippen molar-refractivity contribution in [3.05, 3.63) is 64.7 Å². The van der Waals surface area contributed by atoms with Gasteiger partial charge in [0.2, 0.25) is 0 Å². The van der Waals surface area contributed by atoms with Gasteiger partial charge in [-0.2, -0.15) is 0 Å². The second kappa shape index (κ2) is 9.12. The molecule has 2 aromatic carbocycles. The van der Waals surface area contributed by atoms with Crippen molar-refractivity contribution in [3.8, 4) is 0 Å². The SMILES string of the molecule is CCC(C)NC(=O)c1ccc(C(=O)N2CCN(c3cccc(C)c3C)CC2)cc1. The van der Waals surface area contributed by atoms with E-state index < -0.39 is 0 Å². The predicted molar refractivity (Wildman–Crippen MR) is 118 cm³/mol. The smallest absolute Gasteiger partial charge is 0.253 e. The van der Waals surface area contributed by atoms with E-state index in [1.807, 2.05) is 18.7 Å². The van der Waals surface area contributed by atoms with E-state index in [9.17, 15) is 9.59 Å². The fourth-order valence-electron chi connectivity index (χ4n) is 3.58. The highest BCUT2D eigenvalue weighted by molar-refractivity contribution is 5.98. The van der Waals surface area contributed by atoms with Crippen molar-refractivity contribution in [2.75, 3.05) is 31.1 Å². The summed E-state index contributed by atoms with van der Waals surface area (Å²) in [7, 11) is 0. The molecular weight excluding hydrogens is 362 g/mol. The van der Waals surface area contributed by atoms with E-state index in [-0.39, 0.29) is 17.9 Å². The largest absolute Gasteiger partial charge is 0.368 e. The highest BCUT2D eigenvalue weighted by atomic mass is 16.2. The van der Waals surface area contributed by atoms with Crippen molar-refractivity contribution in [1.29, 1.82) is 0 Å². The topological polar surface area (TPSA) is 52.7 Å². The van der Waals surface area contributed by atoms with Gasteiger partial charge in [-0.1, -0.05) is 19.1 Å². The molecule has 0 saturated carbocycles. The Morgan fingerprint density at radius 3 is 2.21 bits per heavy atom. The lowest BCUT2D eigenvalue weighted by atomic mass is 10.1. The number of hydrogen-bond donors (Lipinski definition) is 1. The Kier molecular flexibility index (Phi) is 6.57. The second-order valence-electron chi connectivity index (χ2n) is 7.86. The molecule has 1 aliphatic rings. The van der Waals surface area contributed by atoms with Crippen LogP contribution in [0.15, 0.2) is 42.5 Å². The number of benzene rings is 2. The Hall–Kier alpha value is -2.82. The van der Waals surface area contributed by atoms with Crippen LogP contribution in [0.5, 0.6) is 0 Å². The highest BCUT2D eigenvalue weighted by Gasteiger charge is 2.23. The summed E-state index contributed by atoms with van der Waals surface area (Å²) in [6, 6.07) is 13.5. The number of carbonyl (C=O) groups is 2. The summed E-state index contributed by atoms with van der Waals surface area (Å²) in [4.78, 5) is 29.3. The molecule has 0 spiro atoms. The molecule has 1 fully saturated rings. The van der Waals surface area contributed by atoms with Crippen LogP contribution in [0.2, 0.25) is 0 Å². The molecule has 0 radical (unpaired) electrons. The number of carbonyl (C=O) groups excluding carboxylic acids is 2. The molecule has 1 unspecified atom stereocenters. The molecule has 154 valence electrons. The lowest BCUT2D eigenvalue weighted by molar-refractivity contribution is 0.0746. The molecule has 0 aromatic heterocycles. The minimum Gasteiger partial charge on any atom is -0.368 e. The van der Waals surface area contributed by atoms with Crippen LogP contribution in [0, 0.1) is 13.8 Å². The first-order chi connectivity index (χ1) is 13.9. The van der Waals surface area contributed by atoms with Crippen molar-refractivity contribution in [1.82, 2.24) is 10.2 Å².